The largest absolute Gasteiger partial charge is 0.0851 e. The summed E-state index contributed by atoms with van der Waals surface area (Å²) in [6.45, 7) is 2.27. The van der Waals surface area contributed by atoms with Gasteiger partial charge < -0.3 is 0 Å². The molecular formula is C22H23Cl. The summed E-state index contributed by atoms with van der Waals surface area (Å²) in [6.07, 6.45) is 10.1. The lowest BCUT2D eigenvalue weighted by atomic mass is 9.75. The number of allylic oxidation sites excluding steroid dienone is 2. The Hall–Kier alpha value is -1.53. The maximum Gasteiger partial charge on any atom is 0.0406 e. The third-order valence-corrected chi connectivity index (χ3v) is 5.83. The summed E-state index contributed by atoms with van der Waals surface area (Å²) >= 11 is 6.03. The minimum Gasteiger partial charge on any atom is -0.0851 e. The molecule has 2 aromatic carbocycles. The molecule has 0 N–H and O–H groups in total. The number of benzene rings is 2. The van der Waals surface area contributed by atoms with Crippen molar-refractivity contribution in [2.45, 2.75) is 38.5 Å². The van der Waals surface area contributed by atoms with Crippen molar-refractivity contribution in [2.75, 3.05) is 0 Å². The molecule has 4 rings (SSSR count). The molecule has 2 aliphatic carbocycles. The van der Waals surface area contributed by atoms with Crippen LogP contribution in [0.5, 0.6) is 0 Å². The first-order valence-electron chi connectivity index (χ1n) is 8.80. The third kappa shape index (κ3) is 2.97. The molecule has 0 spiro atoms. The highest BCUT2D eigenvalue weighted by Crippen LogP contribution is 2.45. The standard InChI is InChI=1S/C22H23Cl/c1-2-17-5-6-19(18-7-9-21(23)10-8-18)14-22(17)20-12-15-3-4-16(11-15)13-20/h3-10,14-16,20H,2,11-13H2,1H3. The van der Waals surface area contributed by atoms with Crippen LogP contribution in [0.2, 0.25) is 5.02 Å². The zero-order valence-electron chi connectivity index (χ0n) is 13.6. The number of hydrogen-bond donors (Lipinski definition) is 0. The van der Waals surface area contributed by atoms with Gasteiger partial charge in [0.1, 0.15) is 0 Å². The molecule has 0 nitrogen and oxygen atoms in total. The van der Waals surface area contributed by atoms with E-state index in [1.165, 1.54) is 36.0 Å². The van der Waals surface area contributed by atoms with Gasteiger partial charge in [0.2, 0.25) is 0 Å². The second kappa shape index (κ2) is 6.17. The van der Waals surface area contributed by atoms with Crippen molar-refractivity contribution in [1.29, 1.82) is 0 Å². The van der Waals surface area contributed by atoms with Gasteiger partial charge in [0, 0.05) is 5.02 Å². The molecule has 0 radical (unpaired) electrons. The Kier molecular flexibility index (Phi) is 4.03. The van der Waals surface area contributed by atoms with Gasteiger partial charge in [0.15, 0.2) is 0 Å². The van der Waals surface area contributed by atoms with E-state index in [0.29, 0.717) is 0 Å². The van der Waals surface area contributed by atoms with Gasteiger partial charge >= 0.3 is 0 Å². The molecule has 118 valence electrons. The number of aryl methyl sites for hydroxylation is 1. The molecule has 23 heavy (non-hydrogen) atoms. The van der Waals surface area contributed by atoms with Crippen LogP contribution in [0, 0.1) is 11.8 Å². The minimum absolute atomic E-state index is 0.718. The van der Waals surface area contributed by atoms with Gasteiger partial charge in [-0.2, -0.15) is 0 Å². The van der Waals surface area contributed by atoms with Crippen LogP contribution in [-0.4, -0.2) is 0 Å². The van der Waals surface area contributed by atoms with Crippen molar-refractivity contribution < 1.29 is 0 Å². The monoisotopic (exact) mass is 322 g/mol. The van der Waals surface area contributed by atoms with E-state index in [2.05, 4.69) is 49.4 Å². The molecule has 2 bridgehead atoms. The molecule has 1 fully saturated rings. The number of rotatable bonds is 3. The Labute approximate surface area is 144 Å². The second-order valence-electron chi connectivity index (χ2n) is 7.08. The molecule has 2 unspecified atom stereocenters. The number of hydrogen-bond acceptors (Lipinski definition) is 0. The van der Waals surface area contributed by atoms with Gasteiger partial charge in [-0.05, 0) is 77.8 Å². The fourth-order valence-electron chi connectivity index (χ4n) is 4.41. The first-order chi connectivity index (χ1) is 11.2. The van der Waals surface area contributed by atoms with E-state index >= 15 is 0 Å². The summed E-state index contributed by atoms with van der Waals surface area (Å²) in [5.74, 6) is 2.33. The van der Waals surface area contributed by atoms with E-state index in [1.807, 2.05) is 12.1 Å². The molecule has 0 saturated heterocycles. The van der Waals surface area contributed by atoms with Crippen molar-refractivity contribution in [3.63, 3.8) is 0 Å². The summed E-state index contributed by atoms with van der Waals surface area (Å²) in [5, 5.41) is 0.800. The van der Waals surface area contributed by atoms with Crippen LogP contribution in [0.1, 0.15) is 43.2 Å². The lowest BCUT2D eigenvalue weighted by Gasteiger charge is -2.30. The van der Waals surface area contributed by atoms with Crippen LogP contribution >= 0.6 is 11.6 Å². The second-order valence-corrected chi connectivity index (χ2v) is 7.52. The number of halogens is 1. The van der Waals surface area contributed by atoms with Crippen LogP contribution in [0.25, 0.3) is 11.1 Å². The highest BCUT2D eigenvalue weighted by atomic mass is 35.5. The van der Waals surface area contributed by atoms with Crippen molar-refractivity contribution in [3.05, 3.63) is 70.8 Å². The van der Waals surface area contributed by atoms with E-state index in [-0.39, 0.29) is 0 Å². The maximum atomic E-state index is 6.03. The Balaban J connectivity index is 1.70. The zero-order chi connectivity index (χ0) is 15.8. The van der Waals surface area contributed by atoms with Gasteiger partial charge in [0.25, 0.3) is 0 Å². The molecule has 2 atom stereocenters. The highest BCUT2D eigenvalue weighted by molar-refractivity contribution is 6.30. The normalized spacial score (nSPS) is 25.7. The predicted octanol–water partition coefficient (Wildman–Crippen LogP) is 6.64. The highest BCUT2D eigenvalue weighted by Gasteiger charge is 2.31. The molecule has 0 heterocycles. The Morgan fingerprint density at radius 2 is 1.52 bits per heavy atom. The van der Waals surface area contributed by atoms with Gasteiger partial charge in [-0.1, -0.05) is 61.0 Å². The Morgan fingerprint density at radius 3 is 2.17 bits per heavy atom. The summed E-state index contributed by atoms with van der Waals surface area (Å²) in [7, 11) is 0. The van der Waals surface area contributed by atoms with Crippen LogP contribution in [-0.2, 0) is 6.42 Å². The minimum atomic E-state index is 0.718. The van der Waals surface area contributed by atoms with Crippen molar-refractivity contribution >= 4 is 11.6 Å². The van der Waals surface area contributed by atoms with Gasteiger partial charge in [-0.25, -0.2) is 0 Å². The molecule has 0 amide bonds. The molecule has 2 aliphatic rings. The van der Waals surface area contributed by atoms with E-state index in [4.69, 9.17) is 11.6 Å². The topological polar surface area (TPSA) is 0 Å². The Bertz CT molecular complexity index is 712. The average molecular weight is 323 g/mol. The van der Waals surface area contributed by atoms with Crippen molar-refractivity contribution in [1.82, 2.24) is 0 Å². The fraction of sp³-hybridized carbons (Fsp3) is 0.364. The molecule has 1 saturated carbocycles. The summed E-state index contributed by atoms with van der Waals surface area (Å²) in [5.41, 5.74) is 5.68. The molecule has 0 aromatic heterocycles. The zero-order valence-corrected chi connectivity index (χ0v) is 14.4. The molecular weight excluding hydrogens is 300 g/mol. The molecule has 0 aliphatic heterocycles. The van der Waals surface area contributed by atoms with Gasteiger partial charge in [-0.3, -0.25) is 0 Å². The summed E-state index contributed by atoms with van der Waals surface area (Å²) in [4.78, 5) is 0. The van der Waals surface area contributed by atoms with E-state index < -0.39 is 0 Å². The van der Waals surface area contributed by atoms with E-state index in [0.717, 1.165) is 29.2 Å². The maximum absolute atomic E-state index is 6.03. The number of fused-ring (bicyclic) bond motifs is 2. The Morgan fingerprint density at radius 1 is 0.870 bits per heavy atom. The van der Waals surface area contributed by atoms with E-state index in [1.54, 1.807) is 5.56 Å². The summed E-state index contributed by atoms with van der Waals surface area (Å²) in [6, 6.07) is 15.3. The first-order valence-corrected chi connectivity index (χ1v) is 9.18. The smallest absolute Gasteiger partial charge is 0.0406 e. The molecule has 1 heteroatoms. The van der Waals surface area contributed by atoms with Crippen LogP contribution in [0.3, 0.4) is 0 Å². The van der Waals surface area contributed by atoms with Gasteiger partial charge in [-0.15, -0.1) is 0 Å². The lowest BCUT2D eigenvalue weighted by Crippen LogP contribution is -2.16. The lowest BCUT2D eigenvalue weighted by molar-refractivity contribution is 0.339. The van der Waals surface area contributed by atoms with Crippen molar-refractivity contribution in [3.8, 4) is 11.1 Å². The van der Waals surface area contributed by atoms with E-state index in [9.17, 15) is 0 Å². The fourth-order valence-corrected chi connectivity index (χ4v) is 4.54. The third-order valence-electron chi connectivity index (χ3n) is 5.58. The molecule has 2 aromatic rings. The predicted molar refractivity (Wildman–Crippen MR) is 99.0 cm³/mol. The SMILES string of the molecule is CCc1ccc(-c2ccc(Cl)cc2)cc1C1CC2C=CC(C2)C1. The van der Waals surface area contributed by atoms with Gasteiger partial charge in [0.05, 0.1) is 0 Å². The summed E-state index contributed by atoms with van der Waals surface area (Å²) < 4.78 is 0. The van der Waals surface area contributed by atoms with Crippen LogP contribution < -0.4 is 0 Å². The van der Waals surface area contributed by atoms with Crippen LogP contribution in [0.15, 0.2) is 54.6 Å². The van der Waals surface area contributed by atoms with Crippen molar-refractivity contribution in [2.24, 2.45) is 11.8 Å². The quantitative estimate of drug-likeness (QED) is 0.556. The average Bonchev–Trinajstić information content (AvgIpc) is 2.93. The van der Waals surface area contributed by atoms with Crippen LogP contribution in [0.4, 0.5) is 0 Å². The first kappa shape index (κ1) is 15.0.